The maximum absolute atomic E-state index is 11.5. The van der Waals surface area contributed by atoms with E-state index < -0.39 is 0 Å². The molecule has 1 aromatic heterocycles. The highest BCUT2D eigenvalue weighted by Gasteiger charge is 2.23. The van der Waals surface area contributed by atoms with Crippen LogP contribution in [-0.2, 0) is 11.3 Å². The Morgan fingerprint density at radius 3 is 2.93 bits per heavy atom. The molecule has 1 amide bonds. The van der Waals surface area contributed by atoms with Crippen LogP contribution in [0.4, 0.5) is 0 Å². The lowest BCUT2D eigenvalue weighted by molar-refractivity contribution is -0.122. The van der Waals surface area contributed by atoms with Crippen LogP contribution in [0.1, 0.15) is 38.3 Å². The summed E-state index contributed by atoms with van der Waals surface area (Å²) in [6.45, 7) is 4.52. The Morgan fingerprint density at radius 1 is 1.67 bits per heavy atom. The normalized spacial score (nSPS) is 15.7. The average Bonchev–Trinajstić information content (AvgIpc) is 2.82. The van der Waals surface area contributed by atoms with E-state index in [1.807, 2.05) is 12.3 Å². The van der Waals surface area contributed by atoms with Gasteiger partial charge in [-0.05, 0) is 24.8 Å². The molecule has 82 valence electrons. The Balaban J connectivity index is 1.88. The second-order valence-corrected chi connectivity index (χ2v) is 4.43. The van der Waals surface area contributed by atoms with Crippen LogP contribution in [0.15, 0.2) is 12.3 Å². The van der Waals surface area contributed by atoms with Gasteiger partial charge in [0.25, 0.3) is 0 Å². The van der Waals surface area contributed by atoms with Crippen molar-refractivity contribution in [2.24, 2.45) is 0 Å². The molecule has 0 bridgehead atoms. The summed E-state index contributed by atoms with van der Waals surface area (Å²) in [7, 11) is 0. The van der Waals surface area contributed by atoms with Gasteiger partial charge in [-0.2, -0.15) is 5.10 Å². The second kappa shape index (κ2) is 4.04. The first-order valence-electron chi connectivity index (χ1n) is 5.48. The SMILES string of the molecule is CC(C)c1ccn(CC(=O)NC2CC2)n1. The summed E-state index contributed by atoms with van der Waals surface area (Å²) in [5.41, 5.74) is 1.04. The van der Waals surface area contributed by atoms with Crippen molar-refractivity contribution in [3.63, 3.8) is 0 Å². The molecule has 4 nitrogen and oxygen atoms in total. The molecule has 1 saturated carbocycles. The molecule has 1 aromatic rings. The summed E-state index contributed by atoms with van der Waals surface area (Å²) in [5.74, 6) is 0.480. The van der Waals surface area contributed by atoms with E-state index in [4.69, 9.17) is 0 Å². The van der Waals surface area contributed by atoms with Crippen LogP contribution in [-0.4, -0.2) is 21.7 Å². The van der Waals surface area contributed by atoms with Gasteiger partial charge >= 0.3 is 0 Å². The highest BCUT2D eigenvalue weighted by molar-refractivity contribution is 5.76. The Bertz CT molecular complexity index is 352. The molecule has 1 N–H and O–H groups in total. The molecule has 0 atom stereocenters. The van der Waals surface area contributed by atoms with Crippen LogP contribution >= 0.6 is 0 Å². The zero-order valence-electron chi connectivity index (χ0n) is 9.23. The molecule has 15 heavy (non-hydrogen) atoms. The second-order valence-electron chi connectivity index (χ2n) is 4.43. The van der Waals surface area contributed by atoms with Crippen molar-refractivity contribution >= 4 is 5.91 Å². The van der Waals surface area contributed by atoms with E-state index in [2.05, 4.69) is 24.3 Å². The molecule has 2 rings (SSSR count). The molecule has 0 saturated heterocycles. The number of hydrogen-bond donors (Lipinski definition) is 1. The highest BCUT2D eigenvalue weighted by Crippen LogP contribution is 2.18. The van der Waals surface area contributed by atoms with Gasteiger partial charge in [0, 0.05) is 12.2 Å². The fourth-order valence-electron chi connectivity index (χ4n) is 1.42. The first kappa shape index (κ1) is 10.2. The van der Waals surface area contributed by atoms with Gasteiger partial charge in [-0.3, -0.25) is 9.48 Å². The number of carbonyl (C=O) groups excluding carboxylic acids is 1. The quantitative estimate of drug-likeness (QED) is 0.808. The third kappa shape index (κ3) is 2.81. The van der Waals surface area contributed by atoms with Gasteiger partial charge in [0.15, 0.2) is 0 Å². The van der Waals surface area contributed by atoms with Gasteiger partial charge in [0.05, 0.1) is 5.69 Å². The lowest BCUT2D eigenvalue weighted by Gasteiger charge is -2.03. The van der Waals surface area contributed by atoms with E-state index in [-0.39, 0.29) is 5.91 Å². The summed E-state index contributed by atoms with van der Waals surface area (Å²) in [6.07, 6.45) is 4.12. The van der Waals surface area contributed by atoms with Crippen molar-refractivity contribution in [3.8, 4) is 0 Å². The van der Waals surface area contributed by atoms with E-state index >= 15 is 0 Å². The Hall–Kier alpha value is -1.32. The molecule has 0 radical (unpaired) electrons. The van der Waals surface area contributed by atoms with E-state index in [1.54, 1.807) is 4.68 Å². The summed E-state index contributed by atoms with van der Waals surface area (Å²) in [5, 5.41) is 7.27. The number of nitrogens with one attached hydrogen (secondary N) is 1. The predicted molar refractivity (Wildman–Crippen MR) is 57.5 cm³/mol. The molecular formula is C11H17N3O. The zero-order valence-corrected chi connectivity index (χ0v) is 9.23. The molecule has 1 aliphatic rings. The van der Waals surface area contributed by atoms with E-state index in [0.29, 0.717) is 18.5 Å². The van der Waals surface area contributed by atoms with Crippen molar-refractivity contribution in [2.45, 2.75) is 45.2 Å². The first-order chi connectivity index (χ1) is 7.15. The molecule has 0 unspecified atom stereocenters. The summed E-state index contributed by atoms with van der Waals surface area (Å²) >= 11 is 0. The molecule has 1 fully saturated rings. The fraction of sp³-hybridized carbons (Fsp3) is 0.636. The smallest absolute Gasteiger partial charge is 0.241 e. The third-order valence-electron chi connectivity index (χ3n) is 2.50. The van der Waals surface area contributed by atoms with Crippen molar-refractivity contribution in [3.05, 3.63) is 18.0 Å². The average molecular weight is 207 g/mol. The standard InChI is InChI=1S/C11H17N3O/c1-8(2)10-5-6-14(13-10)7-11(15)12-9-3-4-9/h5-6,8-9H,3-4,7H2,1-2H3,(H,12,15). The van der Waals surface area contributed by atoms with Crippen molar-refractivity contribution in [1.82, 2.24) is 15.1 Å². The number of amides is 1. The maximum Gasteiger partial charge on any atom is 0.241 e. The third-order valence-corrected chi connectivity index (χ3v) is 2.50. The molecule has 0 aliphatic heterocycles. The molecule has 1 aliphatic carbocycles. The largest absolute Gasteiger partial charge is 0.352 e. The van der Waals surface area contributed by atoms with Crippen LogP contribution in [0.25, 0.3) is 0 Å². The Labute approximate surface area is 89.7 Å². The molecule has 0 aromatic carbocycles. The molecule has 1 heterocycles. The van der Waals surface area contributed by atoms with Crippen LogP contribution in [0.2, 0.25) is 0 Å². The predicted octanol–water partition coefficient (Wildman–Crippen LogP) is 1.29. The number of hydrogen-bond acceptors (Lipinski definition) is 2. The summed E-state index contributed by atoms with van der Waals surface area (Å²) in [6, 6.07) is 2.40. The number of nitrogens with zero attached hydrogens (tertiary/aromatic N) is 2. The highest BCUT2D eigenvalue weighted by atomic mass is 16.2. The van der Waals surface area contributed by atoms with E-state index in [1.165, 1.54) is 0 Å². The van der Waals surface area contributed by atoms with E-state index in [9.17, 15) is 4.79 Å². The number of aromatic nitrogens is 2. The van der Waals surface area contributed by atoms with E-state index in [0.717, 1.165) is 18.5 Å². The molecule has 0 spiro atoms. The topological polar surface area (TPSA) is 46.9 Å². The van der Waals surface area contributed by atoms with Crippen molar-refractivity contribution < 1.29 is 4.79 Å². The van der Waals surface area contributed by atoms with Gasteiger partial charge in [0.2, 0.25) is 5.91 Å². The fourth-order valence-corrected chi connectivity index (χ4v) is 1.42. The lowest BCUT2D eigenvalue weighted by atomic mass is 10.1. The minimum atomic E-state index is 0.0657. The van der Waals surface area contributed by atoms with Crippen LogP contribution in [0.5, 0.6) is 0 Å². The Kier molecular flexibility index (Phi) is 2.75. The number of rotatable bonds is 4. The Morgan fingerprint density at radius 2 is 2.40 bits per heavy atom. The zero-order chi connectivity index (χ0) is 10.8. The minimum Gasteiger partial charge on any atom is -0.352 e. The first-order valence-corrected chi connectivity index (χ1v) is 5.48. The van der Waals surface area contributed by atoms with Gasteiger partial charge in [-0.15, -0.1) is 0 Å². The van der Waals surface area contributed by atoms with Crippen molar-refractivity contribution in [2.75, 3.05) is 0 Å². The van der Waals surface area contributed by atoms with Crippen LogP contribution < -0.4 is 5.32 Å². The lowest BCUT2D eigenvalue weighted by Crippen LogP contribution is -2.29. The van der Waals surface area contributed by atoms with Crippen LogP contribution in [0.3, 0.4) is 0 Å². The van der Waals surface area contributed by atoms with Crippen LogP contribution in [0, 0.1) is 0 Å². The number of carbonyl (C=O) groups is 1. The summed E-state index contributed by atoms with van der Waals surface area (Å²) in [4.78, 5) is 11.5. The van der Waals surface area contributed by atoms with Crippen molar-refractivity contribution in [1.29, 1.82) is 0 Å². The van der Waals surface area contributed by atoms with Gasteiger partial charge < -0.3 is 5.32 Å². The van der Waals surface area contributed by atoms with Gasteiger partial charge in [0.1, 0.15) is 6.54 Å². The van der Waals surface area contributed by atoms with Gasteiger partial charge in [-0.1, -0.05) is 13.8 Å². The molecule has 4 heteroatoms. The maximum atomic E-state index is 11.5. The van der Waals surface area contributed by atoms with Gasteiger partial charge in [-0.25, -0.2) is 0 Å². The minimum absolute atomic E-state index is 0.0657. The molecular weight excluding hydrogens is 190 g/mol. The summed E-state index contributed by atoms with van der Waals surface area (Å²) < 4.78 is 1.70. The monoisotopic (exact) mass is 207 g/mol.